The number of rotatable bonds is 9. The monoisotopic (exact) mass is 454 g/mol. The van der Waals surface area contributed by atoms with E-state index in [2.05, 4.69) is 12.2 Å². The van der Waals surface area contributed by atoms with Gasteiger partial charge in [0.1, 0.15) is 6.04 Å². The first-order chi connectivity index (χ1) is 14.3. The summed E-state index contributed by atoms with van der Waals surface area (Å²) in [7, 11) is 1.77. The summed E-state index contributed by atoms with van der Waals surface area (Å²) < 4.78 is 5.28. The summed E-state index contributed by atoms with van der Waals surface area (Å²) in [6, 6.07) is 6.00. The molecule has 0 aromatic heterocycles. The van der Waals surface area contributed by atoms with Crippen molar-refractivity contribution in [2.24, 2.45) is 5.92 Å². The highest BCUT2D eigenvalue weighted by Gasteiger charge is 2.27. The number of amides is 2. The van der Waals surface area contributed by atoms with Gasteiger partial charge in [0.25, 0.3) is 11.8 Å². The van der Waals surface area contributed by atoms with E-state index < -0.39 is 17.9 Å². The molecule has 8 heteroatoms. The number of benzene rings is 1. The number of thioether (sulfide) groups is 1. The number of hydrogen-bond acceptors (Lipinski definition) is 5. The van der Waals surface area contributed by atoms with E-state index in [1.54, 1.807) is 48.0 Å². The van der Waals surface area contributed by atoms with Crippen LogP contribution in [0.3, 0.4) is 0 Å². The third-order valence-electron chi connectivity index (χ3n) is 5.58. The maximum atomic E-state index is 12.6. The second-order valence-electron chi connectivity index (χ2n) is 7.81. The van der Waals surface area contributed by atoms with Gasteiger partial charge in [-0.1, -0.05) is 30.7 Å². The number of hydrogen-bond donors (Lipinski definition) is 1. The SMILES string of the molecule is CSCCC(NC(=O)c1ccccc1Cl)C(=O)OCC(=O)N(C)C1CCC(C)CC1. The molecule has 6 nitrogen and oxygen atoms in total. The van der Waals surface area contributed by atoms with Crippen molar-refractivity contribution in [1.29, 1.82) is 0 Å². The van der Waals surface area contributed by atoms with Crippen LogP contribution in [0.15, 0.2) is 24.3 Å². The molecule has 1 fully saturated rings. The van der Waals surface area contributed by atoms with Gasteiger partial charge in [-0.25, -0.2) is 4.79 Å². The molecule has 2 amide bonds. The van der Waals surface area contributed by atoms with Crippen molar-refractivity contribution in [2.75, 3.05) is 25.7 Å². The highest BCUT2D eigenvalue weighted by Crippen LogP contribution is 2.26. The summed E-state index contributed by atoms with van der Waals surface area (Å²) in [5, 5.41) is 3.00. The minimum absolute atomic E-state index is 0.194. The van der Waals surface area contributed by atoms with E-state index >= 15 is 0 Å². The van der Waals surface area contributed by atoms with Crippen molar-refractivity contribution in [3.8, 4) is 0 Å². The molecule has 1 N–H and O–H groups in total. The van der Waals surface area contributed by atoms with Gasteiger partial charge in [0.2, 0.25) is 0 Å². The predicted molar refractivity (Wildman–Crippen MR) is 121 cm³/mol. The Bertz CT molecular complexity index is 738. The fourth-order valence-electron chi connectivity index (χ4n) is 3.53. The largest absolute Gasteiger partial charge is 0.454 e. The first-order valence-electron chi connectivity index (χ1n) is 10.3. The van der Waals surface area contributed by atoms with E-state index in [0.29, 0.717) is 28.7 Å². The lowest BCUT2D eigenvalue weighted by molar-refractivity contribution is -0.154. The van der Waals surface area contributed by atoms with Gasteiger partial charge in [0, 0.05) is 13.1 Å². The highest BCUT2D eigenvalue weighted by atomic mass is 35.5. The minimum Gasteiger partial charge on any atom is -0.454 e. The summed E-state index contributed by atoms with van der Waals surface area (Å²) in [6.45, 7) is 1.91. The zero-order valence-corrected chi connectivity index (χ0v) is 19.4. The Labute approximate surface area is 188 Å². The summed E-state index contributed by atoms with van der Waals surface area (Å²) >= 11 is 7.64. The van der Waals surface area contributed by atoms with E-state index in [9.17, 15) is 14.4 Å². The number of nitrogens with one attached hydrogen (secondary N) is 1. The Kier molecular flexibility index (Phi) is 9.98. The second kappa shape index (κ2) is 12.2. The number of esters is 1. The number of likely N-dealkylation sites (N-methyl/N-ethyl adjacent to an activating group) is 1. The molecule has 0 saturated heterocycles. The van der Waals surface area contributed by atoms with E-state index in [0.717, 1.165) is 25.7 Å². The summed E-state index contributed by atoms with van der Waals surface area (Å²) in [6.07, 6.45) is 6.48. The van der Waals surface area contributed by atoms with Crippen molar-refractivity contribution >= 4 is 41.1 Å². The molecule has 0 spiro atoms. The normalized spacial score (nSPS) is 19.6. The predicted octanol–water partition coefficient (Wildman–Crippen LogP) is 3.77. The van der Waals surface area contributed by atoms with Gasteiger partial charge in [-0.05, 0) is 62.2 Å². The Hall–Kier alpha value is -1.73. The van der Waals surface area contributed by atoms with Crippen LogP contribution in [0.25, 0.3) is 0 Å². The molecule has 1 atom stereocenters. The lowest BCUT2D eigenvalue weighted by Gasteiger charge is -2.33. The lowest BCUT2D eigenvalue weighted by atomic mass is 9.87. The molecule has 1 saturated carbocycles. The van der Waals surface area contributed by atoms with E-state index in [4.69, 9.17) is 16.3 Å². The second-order valence-corrected chi connectivity index (χ2v) is 9.21. The molecule has 2 rings (SSSR count). The van der Waals surface area contributed by atoms with E-state index in [-0.39, 0.29) is 18.6 Å². The first kappa shape index (κ1) is 24.5. The third-order valence-corrected chi connectivity index (χ3v) is 6.56. The van der Waals surface area contributed by atoms with Crippen molar-refractivity contribution in [1.82, 2.24) is 10.2 Å². The molecular weight excluding hydrogens is 424 g/mol. The Balaban J connectivity index is 1.91. The van der Waals surface area contributed by atoms with E-state index in [1.165, 1.54) is 0 Å². The van der Waals surface area contributed by atoms with Gasteiger partial charge >= 0.3 is 5.97 Å². The smallest absolute Gasteiger partial charge is 0.329 e. The fourth-order valence-corrected chi connectivity index (χ4v) is 4.23. The van der Waals surface area contributed by atoms with E-state index in [1.807, 2.05) is 6.26 Å². The summed E-state index contributed by atoms with van der Waals surface area (Å²) in [4.78, 5) is 39.3. The van der Waals surface area contributed by atoms with Crippen LogP contribution in [0.4, 0.5) is 0 Å². The first-order valence-corrected chi connectivity index (χ1v) is 12.1. The number of carbonyl (C=O) groups excluding carboxylic acids is 3. The van der Waals surface area contributed by atoms with Crippen LogP contribution in [0.5, 0.6) is 0 Å². The Morgan fingerprint density at radius 1 is 1.23 bits per heavy atom. The molecular formula is C22H31ClN2O4S. The zero-order valence-electron chi connectivity index (χ0n) is 17.9. The fraction of sp³-hybridized carbons (Fsp3) is 0.591. The van der Waals surface area contributed by atoms with Crippen LogP contribution in [0.1, 0.15) is 49.4 Å². The van der Waals surface area contributed by atoms with Crippen molar-refractivity contribution < 1.29 is 19.1 Å². The quantitative estimate of drug-likeness (QED) is 0.575. The number of ether oxygens (including phenoxy) is 1. The molecule has 0 aliphatic heterocycles. The summed E-state index contributed by atoms with van der Waals surface area (Å²) in [5.41, 5.74) is 0.295. The van der Waals surface area contributed by atoms with Gasteiger partial charge in [-0.15, -0.1) is 0 Å². The van der Waals surface area contributed by atoms with Crippen LogP contribution in [0, 0.1) is 5.92 Å². The molecule has 1 unspecified atom stereocenters. The molecule has 166 valence electrons. The van der Waals surface area contributed by atoms with Gasteiger partial charge < -0.3 is 15.0 Å². The average molecular weight is 455 g/mol. The maximum absolute atomic E-state index is 12.6. The van der Waals surface area contributed by atoms with Crippen molar-refractivity contribution in [2.45, 2.75) is 51.1 Å². The molecule has 1 aliphatic carbocycles. The highest BCUT2D eigenvalue weighted by molar-refractivity contribution is 7.98. The van der Waals surface area contributed by atoms with Crippen LogP contribution in [0.2, 0.25) is 5.02 Å². The minimum atomic E-state index is -0.838. The number of carbonyl (C=O) groups is 3. The van der Waals surface area contributed by atoms with Gasteiger partial charge in [0.15, 0.2) is 6.61 Å². The van der Waals surface area contributed by atoms with Crippen LogP contribution >= 0.6 is 23.4 Å². The van der Waals surface area contributed by atoms with Crippen molar-refractivity contribution in [3.63, 3.8) is 0 Å². The number of nitrogens with zero attached hydrogens (tertiary/aromatic N) is 1. The van der Waals surface area contributed by atoms with Gasteiger partial charge in [0.05, 0.1) is 10.6 Å². The Morgan fingerprint density at radius 2 is 1.90 bits per heavy atom. The topological polar surface area (TPSA) is 75.7 Å². The van der Waals surface area contributed by atoms with Crippen molar-refractivity contribution in [3.05, 3.63) is 34.9 Å². The lowest BCUT2D eigenvalue weighted by Crippen LogP contribution is -2.45. The number of halogens is 1. The molecule has 1 aromatic rings. The third kappa shape index (κ3) is 7.20. The summed E-state index contributed by atoms with van der Waals surface area (Å²) in [5.74, 6) is 0.0915. The van der Waals surface area contributed by atoms with Crippen LogP contribution in [-0.4, -0.2) is 60.4 Å². The van der Waals surface area contributed by atoms with Gasteiger partial charge in [-0.2, -0.15) is 11.8 Å². The molecule has 30 heavy (non-hydrogen) atoms. The standard InChI is InChI=1S/C22H31ClN2O4S/c1-15-8-10-16(11-9-15)25(2)20(26)14-29-22(28)19(12-13-30-3)24-21(27)17-6-4-5-7-18(17)23/h4-7,15-16,19H,8-14H2,1-3H3,(H,24,27). The molecule has 1 aliphatic rings. The average Bonchev–Trinajstić information content (AvgIpc) is 2.74. The Morgan fingerprint density at radius 3 is 2.53 bits per heavy atom. The van der Waals surface area contributed by atoms with Crippen LogP contribution < -0.4 is 5.32 Å². The molecule has 0 bridgehead atoms. The van der Waals surface area contributed by atoms with Crippen LogP contribution in [-0.2, 0) is 14.3 Å². The maximum Gasteiger partial charge on any atom is 0.329 e. The zero-order chi connectivity index (χ0) is 22.1. The van der Waals surface area contributed by atoms with Gasteiger partial charge in [-0.3, -0.25) is 9.59 Å². The molecule has 1 aromatic carbocycles. The molecule has 0 radical (unpaired) electrons. The molecule has 0 heterocycles.